The fourth-order valence-corrected chi connectivity index (χ4v) is 3.94. The number of H-pyrrole nitrogens is 1. The Morgan fingerprint density at radius 3 is 2.56 bits per heavy atom. The topological polar surface area (TPSA) is 82.0 Å². The molecule has 4 rings (SSSR count). The van der Waals surface area contributed by atoms with E-state index in [9.17, 15) is 4.79 Å². The number of hydrogen-bond donors (Lipinski definition) is 1. The molecule has 7 nitrogen and oxygen atoms in total. The molecule has 166 valence electrons. The van der Waals surface area contributed by atoms with Gasteiger partial charge in [0.05, 0.1) is 26.5 Å². The number of nitrogens with zero attached hydrogens (tertiary/aromatic N) is 3. The van der Waals surface area contributed by atoms with Gasteiger partial charge in [-0.05, 0) is 49.4 Å². The van der Waals surface area contributed by atoms with Gasteiger partial charge in [0.2, 0.25) is 0 Å². The Bertz CT molecular complexity index is 1250. The van der Waals surface area contributed by atoms with E-state index in [1.165, 1.54) is 5.56 Å². The zero-order chi connectivity index (χ0) is 22.5. The smallest absolute Gasteiger partial charge is 0.262 e. The molecule has 0 saturated carbocycles. The van der Waals surface area contributed by atoms with Gasteiger partial charge in [-0.15, -0.1) is 0 Å². The van der Waals surface area contributed by atoms with Crippen LogP contribution in [0.5, 0.6) is 11.5 Å². The number of ether oxygens (including phenoxy) is 2. The first kappa shape index (κ1) is 21.6. The molecule has 32 heavy (non-hydrogen) atoms. The Balaban J connectivity index is 1.53. The minimum absolute atomic E-state index is 0.138. The highest BCUT2D eigenvalue weighted by Crippen LogP contribution is 2.28. The van der Waals surface area contributed by atoms with Crippen molar-refractivity contribution >= 4 is 11.0 Å². The number of rotatable bonds is 9. The Morgan fingerprint density at radius 2 is 1.81 bits per heavy atom. The lowest BCUT2D eigenvalue weighted by Crippen LogP contribution is -2.14. The molecule has 1 unspecified atom stereocenters. The summed E-state index contributed by atoms with van der Waals surface area (Å²) in [5.41, 5.74) is 2.74. The first-order chi connectivity index (χ1) is 15.6. The van der Waals surface area contributed by atoms with Gasteiger partial charge in [0.25, 0.3) is 5.56 Å². The summed E-state index contributed by atoms with van der Waals surface area (Å²) in [4.78, 5) is 20.3. The van der Waals surface area contributed by atoms with E-state index in [0.717, 1.165) is 24.8 Å². The molecule has 2 aromatic heterocycles. The van der Waals surface area contributed by atoms with E-state index < -0.39 is 0 Å². The number of aryl methyl sites for hydroxylation is 1. The fourth-order valence-electron chi connectivity index (χ4n) is 3.94. The van der Waals surface area contributed by atoms with E-state index in [4.69, 9.17) is 14.5 Å². The van der Waals surface area contributed by atoms with Gasteiger partial charge < -0.3 is 14.5 Å². The van der Waals surface area contributed by atoms with Gasteiger partial charge in [-0.1, -0.05) is 36.4 Å². The third-order valence-electron chi connectivity index (χ3n) is 5.68. The van der Waals surface area contributed by atoms with Crippen LogP contribution in [-0.2, 0) is 12.8 Å². The molecule has 1 N–H and O–H groups in total. The van der Waals surface area contributed by atoms with Gasteiger partial charge in [-0.3, -0.25) is 4.79 Å². The van der Waals surface area contributed by atoms with Crippen LogP contribution in [0.15, 0.2) is 59.5 Å². The standard InChI is InChI=1S/C25H28N4O3/c1-17(8-7-11-18-9-5-4-6-10-18)29-24-20(16-26-29)25(30)28-23(27-24)15-19-12-13-21(31-2)22(14-19)32-3/h4-6,9-10,12-14,16-17H,7-8,11,15H2,1-3H3,(H,27,28,30). The molecular weight excluding hydrogens is 404 g/mol. The summed E-state index contributed by atoms with van der Waals surface area (Å²) in [7, 11) is 3.21. The molecule has 0 aliphatic rings. The molecule has 0 radical (unpaired) electrons. The van der Waals surface area contributed by atoms with Crippen molar-refractivity contribution in [1.82, 2.24) is 19.7 Å². The van der Waals surface area contributed by atoms with Gasteiger partial charge in [-0.25, -0.2) is 9.67 Å². The first-order valence-electron chi connectivity index (χ1n) is 10.8. The van der Waals surface area contributed by atoms with Crippen LogP contribution < -0.4 is 15.0 Å². The van der Waals surface area contributed by atoms with E-state index in [1.54, 1.807) is 20.4 Å². The van der Waals surface area contributed by atoms with Crippen LogP contribution in [0, 0.1) is 0 Å². The summed E-state index contributed by atoms with van der Waals surface area (Å²) in [6.07, 6.45) is 5.08. The lowest BCUT2D eigenvalue weighted by atomic mass is 10.1. The van der Waals surface area contributed by atoms with Crippen molar-refractivity contribution in [2.24, 2.45) is 0 Å². The number of benzene rings is 2. The van der Waals surface area contributed by atoms with Gasteiger partial charge >= 0.3 is 0 Å². The van der Waals surface area contributed by atoms with Crippen molar-refractivity contribution in [3.63, 3.8) is 0 Å². The van der Waals surface area contributed by atoms with Crippen molar-refractivity contribution in [2.45, 2.75) is 38.6 Å². The molecule has 0 amide bonds. The predicted molar refractivity (Wildman–Crippen MR) is 125 cm³/mol. The highest BCUT2D eigenvalue weighted by molar-refractivity contribution is 5.73. The van der Waals surface area contributed by atoms with Crippen molar-refractivity contribution in [3.05, 3.63) is 82.0 Å². The molecule has 4 aromatic rings. The van der Waals surface area contributed by atoms with Crippen molar-refractivity contribution in [3.8, 4) is 11.5 Å². The van der Waals surface area contributed by atoms with Crippen LogP contribution in [0.1, 0.15) is 42.8 Å². The second kappa shape index (κ2) is 9.68. The molecule has 7 heteroatoms. The fraction of sp³-hybridized carbons (Fsp3) is 0.320. The van der Waals surface area contributed by atoms with Crippen LogP contribution in [0.3, 0.4) is 0 Å². The molecule has 0 aliphatic carbocycles. The van der Waals surface area contributed by atoms with Crippen LogP contribution in [0.25, 0.3) is 11.0 Å². The number of aromatic nitrogens is 4. The maximum Gasteiger partial charge on any atom is 0.262 e. The average molecular weight is 433 g/mol. The molecule has 0 aliphatic heterocycles. The van der Waals surface area contributed by atoms with E-state index in [2.05, 4.69) is 41.3 Å². The highest BCUT2D eigenvalue weighted by Gasteiger charge is 2.15. The molecule has 2 aromatic carbocycles. The number of fused-ring (bicyclic) bond motifs is 1. The largest absolute Gasteiger partial charge is 0.493 e. The SMILES string of the molecule is COc1ccc(Cc2nc3c(cnn3C(C)CCCc3ccccc3)c(=O)[nH]2)cc1OC. The van der Waals surface area contributed by atoms with E-state index in [1.807, 2.05) is 28.9 Å². The summed E-state index contributed by atoms with van der Waals surface area (Å²) >= 11 is 0. The van der Waals surface area contributed by atoms with Gasteiger partial charge in [0.15, 0.2) is 17.1 Å². The molecule has 2 heterocycles. The molecule has 0 saturated heterocycles. The highest BCUT2D eigenvalue weighted by atomic mass is 16.5. The Kier molecular flexibility index (Phi) is 6.54. The summed E-state index contributed by atoms with van der Waals surface area (Å²) < 4.78 is 12.6. The Hall–Kier alpha value is -3.61. The summed E-state index contributed by atoms with van der Waals surface area (Å²) in [6.45, 7) is 2.12. The van der Waals surface area contributed by atoms with E-state index >= 15 is 0 Å². The van der Waals surface area contributed by atoms with E-state index in [0.29, 0.717) is 34.8 Å². The molecule has 0 spiro atoms. The molecule has 1 atom stereocenters. The van der Waals surface area contributed by atoms with Gasteiger partial charge in [0.1, 0.15) is 11.2 Å². The van der Waals surface area contributed by atoms with E-state index in [-0.39, 0.29) is 11.6 Å². The lowest BCUT2D eigenvalue weighted by molar-refractivity contribution is 0.354. The molecule has 0 fully saturated rings. The number of methoxy groups -OCH3 is 2. The lowest BCUT2D eigenvalue weighted by Gasteiger charge is -2.13. The molecular formula is C25H28N4O3. The Labute approximate surface area is 187 Å². The van der Waals surface area contributed by atoms with Gasteiger partial charge in [0, 0.05) is 6.42 Å². The summed E-state index contributed by atoms with van der Waals surface area (Å²) in [5, 5.41) is 4.99. The average Bonchev–Trinajstić information content (AvgIpc) is 3.24. The maximum atomic E-state index is 12.7. The second-order valence-corrected chi connectivity index (χ2v) is 7.93. The van der Waals surface area contributed by atoms with Gasteiger partial charge in [-0.2, -0.15) is 5.10 Å². The summed E-state index contributed by atoms with van der Waals surface area (Å²) in [5.74, 6) is 1.90. The van der Waals surface area contributed by atoms with Crippen molar-refractivity contribution in [1.29, 1.82) is 0 Å². The zero-order valence-corrected chi connectivity index (χ0v) is 18.7. The van der Waals surface area contributed by atoms with Crippen LogP contribution in [0.4, 0.5) is 0 Å². The minimum Gasteiger partial charge on any atom is -0.493 e. The number of nitrogens with one attached hydrogen (secondary N) is 1. The monoisotopic (exact) mass is 432 g/mol. The Morgan fingerprint density at radius 1 is 1.03 bits per heavy atom. The normalized spacial score (nSPS) is 12.1. The summed E-state index contributed by atoms with van der Waals surface area (Å²) in [6, 6.07) is 16.3. The van der Waals surface area contributed by atoms with Crippen molar-refractivity contribution in [2.75, 3.05) is 14.2 Å². The number of aromatic amines is 1. The maximum absolute atomic E-state index is 12.7. The third-order valence-corrected chi connectivity index (χ3v) is 5.68. The quantitative estimate of drug-likeness (QED) is 0.426. The zero-order valence-electron chi connectivity index (χ0n) is 18.7. The minimum atomic E-state index is -0.173. The third kappa shape index (κ3) is 4.66. The number of hydrogen-bond acceptors (Lipinski definition) is 5. The van der Waals surface area contributed by atoms with Crippen LogP contribution >= 0.6 is 0 Å². The van der Waals surface area contributed by atoms with Crippen LogP contribution in [0.2, 0.25) is 0 Å². The first-order valence-corrected chi connectivity index (χ1v) is 10.8. The van der Waals surface area contributed by atoms with Crippen LogP contribution in [-0.4, -0.2) is 34.0 Å². The second-order valence-electron chi connectivity index (χ2n) is 7.93. The predicted octanol–water partition coefficient (Wildman–Crippen LogP) is 4.31. The van der Waals surface area contributed by atoms with Crippen molar-refractivity contribution < 1.29 is 9.47 Å². The molecule has 0 bridgehead atoms.